The Hall–Kier alpha value is -4.20. The van der Waals surface area contributed by atoms with Gasteiger partial charge >= 0.3 is 17.8 Å². The first-order valence-corrected chi connectivity index (χ1v) is 11.8. The Kier molecular flexibility index (Phi) is 7.77. The SMILES string of the molecule is CCOC(=O)[C@](NC(=O)c1ccccc1)(Nc1ccc(S(=O)(=O)Nc2ncccn2)cc1)C(F)(F)F. The first-order valence-electron chi connectivity index (χ1n) is 10.3. The first-order chi connectivity index (χ1) is 17.0. The molecule has 3 aromatic rings. The highest BCUT2D eigenvalue weighted by Gasteiger charge is 2.63. The second-order valence-corrected chi connectivity index (χ2v) is 8.80. The van der Waals surface area contributed by atoms with Gasteiger partial charge in [0.2, 0.25) is 5.95 Å². The standard InChI is InChI=1S/C22H20F3N5O5S/c1-2-35-19(32)21(22(23,24)25,29-18(31)15-7-4-3-5-8-15)28-16-9-11-17(12-10-16)36(33,34)30-20-26-13-6-14-27-20/h3-14,28H,2H2,1H3,(H,29,31)(H,26,27,30)/t21-/m1/s1. The number of esters is 1. The summed E-state index contributed by atoms with van der Waals surface area (Å²) in [5, 5.41) is 3.68. The molecule has 1 heterocycles. The van der Waals surface area contributed by atoms with Gasteiger partial charge in [-0.1, -0.05) is 18.2 Å². The lowest BCUT2D eigenvalue weighted by Crippen LogP contribution is -2.69. The fraction of sp³-hybridized carbons (Fsp3) is 0.182. The normalized spacial score (nSPS) is 13.2. The van der Waals surface area contributed by atoms with Crippen molar-refractivity contribution in [2.75, 3.05) is 16.6 Å². The molecule has 1 atom stereocenters. The molecule has 3 N–H and O–H groups in total. The van der Waals surface area contributed by atoms with Gasteiger partial charge in [-0.3, -0.25) is 4.79 Å². The Morgan fingerprint density at radius 2 is 1.56 bits per heavy atom. The van der Waals surface area contributed by atoms with Gasteiger partial charge in [0.1, 0.15) is 0 Å². The summed E-state index contributed by atoms with van der Waals surface area (Å²) < 4.78 is 74.8. The lowest BCUT2D eigenvalue weighted by molar-refractivity contribution is -0.204. The molecule has 1 amide bonds. The summed E-state index contributed by atoms with van der Waals surface area (Å²) in [6, 6.07) is 12.4. The molecule has 0 spiro atoms. The molecule has 0 saturated heterocycles. The van der Waals surface area contributed by atoms with Gasteiger partial charge in [0.15, 0.2) is 0 Å². The van der Waals surface area contributed by atoms with Gasteiger partial charge in [-0.05, 0) is 49.4 Å². The number of alkyl halides is 3. The number of aromatic nitrogens is 2. The number of rotatable bonds is 9. The Balaban J connectivity index is 1.94. The molecule has 0 bridgehead atoms. The molecule has 36 heavy (non-hydrogen) atoms. The molecule has 0 aliphatic rings. The van der Waals surface area contributed by atoms with E-state index in [1.54, 1.807) is 11.4 Å². The zero-order valence-corrected chi connectivity index (χ0v) is 19.4. The number of sulfonamides is 1. The van der Waals surface area contributed by atoms with Crippen molar-refractivity contribution in [3.05, 3.63) is 78.6 Å². The van der Waals surface area contributed by atoms with Crippen LogP contribution in [0.25, 0.3) is 0 Å². The van der Waals surface area contributed by atoms with Gasteiger partial charge in [-0.2, -0.15) is 13.2 Å². The van der Waals surface area contributed by atoms with Gasteiger partial charge < -0.3 is 15.4 Å². The Labute approximate surface area is 204 Å². The predicted octanol–water partition coefficient (Wildman–Crippen LogP) is 2.94. The molecule has 0 saturated carbocycles. The minimum Gasteiger partial charge on any atom is -0.463 e. The number of ether oxygens (including phenoxy) is 1. The molecule has 0 unspecified atom stereocenters. The maximum Gasteiger partial charge on any atom is 0.441 e. The van der Waals surface area contributed by atoms with Crippen LogP contribution in [0.2, 0.25) is 0 Å². The molecule has 0 radical (unpaired) electrons. The first kappa shape index (κ1) is 26.4. The maximum absolute atomic E-state index is 14.3. The van der Waals surface area contributed by atoms with Gasteiger partial charge in [-0.15, -0.1) is 0 Å². The largest absolute Gasteiger partial charge is 0.463 e. The van der Waals surface area contributed by atoms with E-state index in [2.05, 4.69) is 19.4 Å². The summed E-state index contributed by atoms with van der Waals surface area (Å²) >= 11 is 0. The molecule has 2 aromatic carbocycles. The minimum atomic E-state index is -5.36. The van der Waals surface area contributed by atoms with Crippen LogP contribution in [0, 0.1) is 0 Å². The van der Waals surface area contributed by atoms with Crippen LogP contribution in [-0.2, 0) is 19.6 Å². The predicted molar refractivity (Wildman–Crippen MR) is 122 cm³/mol. The van der Waals surface area contributed by atoms with Crippen molar-refractivity contribution >= 4 is 33.5 Å². The molecule has 0 fully saturated rings. The number of carbonyl (C=O) groups excluding carboxylic acids is 2. The molecule has 14 heteroatoms. The van der Waals surface area contributed by atoms with Crippen molar-refractivity contribution in [2.24, 2.45) is 0 Å². The van der Waals surface area contributed by atoms with Gasteiger partial charge in [0.05, 0.1) is 11.5 Å². The molecule has 1 aromatic heterocycles. The van der Waals surface area contributed by atoms with Crippen molar-refractivity contribution < 1.29 is 35.9 Å². The summed E-state index contributed by atoms with van der Waals surface area (Å²) in [5.41, 5.74) is -4.14. The average molecular weight is 523 g/mol. The monoisotopic (exact) mass is 523 g/mol. The van der Waals surface area contributed by atoms with E-state index >= 15 is 0 Å². The molecule has 10 nitrogen and oxygen atoms in total. The molecule has 0 aliphatic carbocycles. The van der Waals surface area contributed by atoms with Crippen LogP contribution in [0.3, 0.4) is 0 Å². The number of nitrogens with zero attached hydrogens (tertiary/aromatic N) is 2. The van der Waals surface area contributed by atoms with Crippen LogP contribution in [0.15, 0.2) is 78.0 Å². The smallest absolute Gasteiger partial charge is 0.441 e. The van der Waals surface area contributed by atoms with E-state index < -0.39 is 40.3 Å². The van der Waals surface area contributed by atoms with Crippen molar-refractivity contribution in [3.63, 3.8) is 0 Å². The van der Waals surface area contributed by atoms with E-state index in [0.717, 1.165) is 24.3 Å². The highest BCUT2D eigenvalue weighted by molar-refractivity contribution is 7.92. The lowest BCUT2D eigenvalue weighted by Gasteiger charge is -2.35. The zero-order valence-electron chi connectivity index (χ0n) is 18.6. The van der Waals surface area contributed by atoms with Crippen molar-refractivity contribution in [1.29, 1.82) is 0 Å². The number of anilines is 2. The average Bonchev–Trinajstić information content (AvgIpc) is 2.84. The number of hydrogen-bond acceptors (Lipinski definition) is 8. The quantitative estimate of drug-likeness (QED) is 0.287. The van der Waals surface area contributed by atoms with E-state index in [1.807, 2.05) is 5.32 Å². The number of halogens is 3. The third-order valence-electron chi connectivity index (χ3n) is 4.63. The second-order valence-electron chi connectivity index (χ2n) is 7.12. The molecule has 190 valence electrons. The Morgan fingerprint density at radius 1 is 0.944 bits per heavy atom. The summed E-state index contributed by atoms with van der Waals surface area (Å²) in [7, 11) is -4.17. The van der Waals surface area contributed by atoms with Gasteiger partial charge in [0.25, 0.3) is 15.9 Å². The number of amides is 1. The molecule has 0 aliphatic heterocycles. The fourth-order valence-electron chi connectivity index (χ4n) is 2.93. The van der Waals surface area contributed by atoms with E-state index in [4.69, 9.17) is 0 Å². The minimum absolute atomic E-state index is 0.132. The van der Waals surface area contributed by atoms with Gasteiger partial charge in [0, 0.05) is 23.6 Å². The molecular weight excluding hydrogens is 503 g/mol. The fourth-order valence-corrected chi connectivity index (χ4v) is 3.88. The van der Waals surface area contributed by atoms with Crippen LogP contribution < -0.4 is 15.4 Å². The highest BCUT2D eigenvalue weighted by atomic mass is 32.2. The van der Waals surface area contributed by atoms with Crippen LogP contribution in [-0.4, -0.2) is 48.7 Å². The summed E-state index contributed by atoms with van der Waals surface area (Å²) in [4.78, 5) is 32.3. The summed E-state index contributed by atoms with van der Waals surface area (Å²) in [6.07, 6.45) is -2.73. The van der Waals surface area contributed by atoms with E-state index in [0.29, 0.717) is 0 Å². The zero-order chi connectivity index (χ0) is 26.4. The highest BCUT2D eigenvalue weighted by Crippen LogP contribution is 2.34. The van der Waals surface area contributed by atoms with Crippen molar-refractivity contribution in [1.82, 2.24) is 15.3 Å². The number of nitrogens with one attached hydrogen (secondary N) is 3. The topological polar surface area (TPSA) is 139 Å². The third-order valence-corrected chi connectivity index (χ3v) is 5.98. The Bertz CT molecular complexity index is 1310. The molecule has 3 rings (SSSR count). The summed E-state index contributed by atoms with van der Waals surface area (Å²) in [5.74, 6) is -3.21. The Morgan fingerprint density at radius 3 is 2.11 bits per heavy atom. The van der Waals surface area contributed by atoms with Crippen molar-refractivity contribution in [2.45, 2.75) is 23.7 Å². The van der Waals surface area contributed by atoms with E-state index in [-0.39, 0.29) is 22.1 Å². The maximum atomic E-state index is 14.3. The number of carbonyl (C=O) groups is 2. The van der Waals surface area contributed by atoms with Crippen LogP contribution in [0.5, 0.6) is 0 Å². The third kappa shape index (κ3) is 5.89. The van der Waals surface area contributed by atoms with E-state index in [9.17, 15) is 31.2 Å². The van der Waals surface area contributed by atoms with Crippen LogP contribution >= 0.6 is 0 Å². The lowest BCUT2D eigenvalue weighted by atomic mass is 10.1. The molecular formula is C22H20F3N5O5S. The second kappa shape index (κ2) is 10.6. The van der Waals surface area contributed by atoms with Crippen molar-refractivity contribution in [3.8, 4) is 0 Å². The van der Waals surface area contributed by atoms with E-state index in [1.165, 1.54) is 49.6 Å². The van der Waals surface area contributed by atoms with Crippen LogP contribution in [0.4, 0.5) is 24.8 Å². The van der Waals surface area contributed by atoms with Crippen LogP contribution in [0.1, 0.15) is 17.3 Å². The summed E-state index contributed by atoms with van der Waals surface area (Å²) in [6.45, 7) is 0.908. The van der Waals surface area contributed by atoms with Gasteiger partial charge in [-0.25, -0.2) is 27.9 Å². The number of benzene rings is 2. The number of hydrogen-bond donors (Lipinski definition) is 3.